The molecule has 1 rings (SSSR count). The summed E-state index contributed by atoms with van der Waals surface area (Å²) in [4.78, 5) is 2.28. The Balaban J connectivity index is 2.37. The van der Waals surface area contributed by atoms with Crippen molar-refractivity contribution in [3.8, 4) is 0 Å². The van der Waals surface area contributed by atoms with Gasteiger partial charge in [0.1, 0.15) is 0 Å². The van der Waals surface area contributed by atoms with Gasteiger partial charge in [-0.3, -0.25) is 0 Å². The van der Waals surface area contributed by atoms with Gasteiger partial charge in [0.2, 0.25) is 0 Å². The molecule has 82 valence electrons. The summed E-state index contributed by atoms with van der Waals surface area (Å²) in [6, 6.07) is 0.439. The number of ether oxygens (including phenoxy) is 1. The van der Waals surface area contributed by atoms with Crippen LogP contribution in [-0.2, 0) is 4.74 Å². The number of hydrogen-bond donors (Lipinski definition) is 1. The van der Waals surface area contributed by atoms with Crippen LogP contribution in [0.15, 0.2) is 12.7 Å². The van der Waals surface area contributed by atoms with Gasteiger partial charge < -0.3 is 14.7 Å². The molecule has 1 heterocycles. The Morgan fingerprint density at radius 1 is 1.57 bits per heavy atom. The summed E-state index contributed by atoms with van der Waals surface area (Å²) >= 11 is 0. The van der Waals surface area contributed by atoms with Crippen LogP contribution in [0.4, 0.5) is 0 Å². The summed E-state index contributed by atoms with van der Waals surface area (Å²) < 4.78 is 5.28. The van der Waals surface area contributed by atoms with Gasteiger partial charge in [0.05, 0.1) is 6.10 Å². The zero-order chi connectivity index (χ0) is 10.6. The van der Waals surface area contributed by atoms with Crippen LogP contribution in [-0.4, -0.2) is 42.0 Å². The van der Waals surface area contributed by atoms with Crippen LogP contribution in [0.25, 0.3) is 0 Å². The minimum atomic E-state index is -0.588. The Hall–Kier alpha value is -0.380. The summed E-state index contributed by atoms with van der Waals surface area (Å²) in [7, 11) is 2.10. The minimum Gasteiger partial charge on any atom is -0.368 e. The van der Waals surface area contributed by atoms with Gasteiger partial charge in [-0.1, -0.05) is 6.08 Å². The summed E-state index contributed by atoms with van der Waals surface area (Å²) in [5, 5.41) is 9.46. The van der Waals surface area contributed by atoms with E-state index in [4.69, 9.17) is 4.74 Å². The first kappa shape index (κ1) is 11.7. The van der Waals surface area contributed by atoms with Crippen molar-refractivity contribution >= 4 is 0 Å². The number of nitrogens with zero attached hydrogens (tertiary/aromatic N) is 1. The smallest absolute Gasteiger partial charge is 0.156 e. The molecule has 1 aliphatic rings. The maximum Gasteiger partial charge on any atom is 0.156 e. The fourth-order valence-electron chi connectivity index (χ4n) is 1.93. The van der Waals surface area contributed by atoms with E-state index in [9.17, 15) is 5.11 Å². The van der Waals surface area contributed by atoms with Crippen molar-refractivity contribution in [2.24, 2.45) is 0 Å². The molecular formula is C11H21NO2. The van der Waals surface area contributed by atoms with Gasteiger partial charge in [-0.2, -0.15) is 0 Å². The van der Waals surface area contributed by atoms with Crippen molar-refractivity contribution < 1.29 is 9.84 Å². The van der Waals surface area contributed by atoms with Crippen LogP contribution in [0.5, 0.6) is 0 Å². The molecule has 0 radical (unpaired) electrons. The Morgan fingerprint density at radius 3 is 2.86 bits per heavy atom. The Kier molecular flexibility index (Phi) is 4.58. The number of aliphatic hydroxyl groups excluding tert-OH is 1. The highest BCUT2D eigenvalue weighted by molar-refractivity contribution is 4.79. The van der Waals surface area contributed by atoms with Crippen LogP contribution in [0, 0.1) is 0 Å². The fourth-order valence-corrected chi connectivity index (χ4v) is 1.93. The van der Waals surface area contributed by atoms with Crippen molar-refractivity contribution in [1.82, 2.24) is 4.90 Å². The second-order valence-electron chi connectivity index (χ2n) is 4.08. The molecule has 0 bridgehead atoms. The normalized spacial score (nSPS) is 33.3. The zero-order valence-electron chi connectivity index (χ0n) is 9.15. The van der Waals surface area contributed by atoms with Crippen LogP contribution >= 0.6 is 0 Å². The van der Waals surface area contributed by atoms with Gasteiger partial charge in [0.15, 0.2) is 6.29 Å². The number of aliphatic hydroxyl groups is 1. The molecule has 1 saturated heterocycles. The van der Waals surface area contributed by atoms with Crippen molar-refractivity contribution in [3.05, 3.63) is 12.7 Å². The number of rotatable bonds is 4. The predicted molar refractivity (Wildman–Crippen MR) is 57.0 cm³/mol. The lowest BCUT2D eigenvalue weighted by Gasteiger charge is -2.36. The molecular weight excluding hydrogens is 178 g/mol. The largest absolute Gasteiger partial charge is 0.368 e. The van der Waals surface area contributed by atoms with E-state index in [0.29, 0.717) is 6.04 Å². The molecule has 3 nitrogen and oxygen atoms in total. The first-order chi connectivity index (χ1) is 6.63. The highest BCUT2D eigenvalue weighted by Gasteiger charge is 2.27. The van der Waals surface area contributed by atoms with E-state index in [2.05, 4.69) is 18.5 Å². The second kappa shape index (κ2) is 5.49. The molecule has 14 heavy (non-hydrogen) atoms. The molecule has 0 aliphatic carbocycles. The van der Waals surface area contributed by atoms with Crippen LogP contribution in [0.2, 0.25) is 0 Å². The molecule has 0 amide bonds. The SMILES string of the molecule is C=CCCN(C)C1CC(C)OC(O)C1. The van der Waals surface area contributed by atoms with E-state index in [1.165, 1.54) is 0 Å². The topological polar surface area (TPSA) is 32.7 Å². The minimum absolute atomic E-state index is 0.162. The molecule has 1 aliphatic heterocycles. The monoisotopic (exact) mass is 199 g/mol. The highest BCUT2D eigenvalue weighted by atomic mass is 16.6. The lowest BCUT2D eigenvalue weighted by Crippen LogP contribution is -2.43. The number of hydrogen-bond acceptors (Lipinski definition) is 3. The Labute approximate surface area is 86.4 Å². The molecule has 0 saturated carbocycles. The lowest BCUT2D eigenvalue weighted by molar-refractivity contribution is -0.173. The second-order valence-corrected chi connectivity index (χ2v) is 4.08. The van der Waals surface area contributed by atoms with Crippen molar-refractivity contribution in [2.75, 3.05) is 13.6 Å². The summed E-state index contributed by atoms with van der Waals surface area (Å²) in [6.07, 6.45) is 4.22. The predicted octanol–water partition coefficient (Wildman–Crippen LogP) is 1.38. The van der Waals surface area contributed by atoms with Crippen molar-refractivity contribution in [2.45, 2.75) is 44.6 Å². The van der Waals surface area contributed by atoms with Crippen molar-refractivity contribution in [3.63, 3.8) is 0 Å². The van der Waals surface area contributed by atoms with Crippen LogP contribution in [0.1, 0.15) is 26.2 Å². The molecule has 0 aromatic heterocycles. The molecule has 0 spiro atoms. The lowest BCUT2D eigenvalue weighted by atomic mass is 10.0. The van der Waals surface area contributed by atoms with E-state index in [-0.39, 0.29) is 6.10 Å². The average molecular weight is 199 g/mol. The van der Waals surface area contributed by atoms with Gasteiger partial charge in [0, 0.05) is 19.0 Å². The van der Waals surface area contributed by atoms with Crippen molar-refractivity contribution in [1.29, 1.82) is 0 Å². The third-order valence-corrected chi connectivity index (χ3v) is 2.78. The molecule has 1 N–H and O–H groups in total. The maximum absolute atomic E-state index is 9.46. The summed E-state index contributed by atoms with van der Waals surface area (Å²) in [5.74, 6) is 0. The van der Waals surface area contributed by atoms with Gasteiger partial charge in [-0.25, -0.2) is 0 Å². The van der Waals surface area contributed by atoms with Crippen LogP contribution in [0.3, 0.4) is 0 Å². The van der Waals surface area contributed by atoms with E-state index < -0.39 is 6.29 Å². The quantitative estimate of drug-likeness (QED) is 0.694. The zero-order valence-corrected chi connectivity index (χ0v) is 9.15. The van der Waals surface area contributed by atoms with Crippen LogP contribution < -0.4 is 0 Å². The van der Waals surface area contributed by atoms with E-state index >= 15 is 0 Å². The summed E-state index contributed by atoms with van der Waals surface area (Å²) in [6.45, 7) is 6.73. The first-order valence-corrected chi connectivity index (χ1v) is 5.28. The standard InChI is InChI=1S/C11H21NO2/c1-4-5-6-12(3)10-7-9(2)14-11(13)8-10/h4,9-11,13H,1,5-8H2,2-3H3. The highest BCUT2D eigenvalue weighted by Crippen LogP contribution is 2.21. The molecule has 0 aromatic rings. The maximum atomic E-state index is 9.46. The Bertz CT molecular complexity index is 174. The third kappa shape index (κ3) is 3.40. The van der Waals surface area contributed by atoms with Gasteiger partial charge in [0.25, 0.3) is 0 Å². The Morgan fingerprint density at radius 2 is 2.29 bits per heavy atom. The fraction of sp³-hybridized carbons (Fsp3) is 0.818. The molecule has 3 unspecified atom stereocenters. The molecule has 1 fully saturated rings. The average Bonchev–Trinajstić information content (AvgIpc) is 2.12. The van der Waals surface area contributed by atoms with E-state index in [1.807, 2.05) is 13.0 Å². The molecule has 0 aromatic carbocycles. The van der Waals surface area contributed by atoms with Gasteiger partial charge in [-0.15, -0.1) is 6.58 Å². The molecule has 3 heteroatoms. The van der Waals surface area contributed by atoms with E-state index in [1.54, 1.807) is 0 Å². The van der Waals surface area contributed by atoms with E-state index in [0.717, 1.165) is 25.8 Å². The summed E-state index contributed by atoms with van der Waals surface area (Å²) in [5.41, 5.74) is 0. The third-order valence-electron chi connectivity index (χ3n) is 2.78. The first-order valence-electron chi connectivity index (χ1n) is 5.28. The van der Waals surface area contributed by atoms with Gasteiger partial charge in [-0.05, 0) is 26.8 Å². The molecule has 3 atom stereocenters. The van der Waals surface area contributed by atoms with Gasteiger partial charge >= 0.3 is 0 Å².